The number of Topliss-reactive ketones (excluding diaryl/α,β-unsaturated/α-hetero) is 1. The van der Waals surface area contributed by atoms with Crippen molar-refractivity contribution >= 4 is 5.78 Å². The van der Waals surface area contributed by atoms with Gasteiger partial charge in [0.25, 0.3) is 0 Å². The van der Waals surface area contributed by atoms with E-state index in [1.165, 1.54) is 0 Å². The van der Waals surface area contributed by atoms with E-state index in [1.54, 1.807) is 12.1 Å². The molecule has 0 spiro atoms. The monoisotopic (exact) mass is 178 g/mol. The zero-order chi connectivity index (χ0) is 9.26. The molecule has 1 N–H and O–H groups in total. The number of epoxide rings is 1. The number of ether oxygens (including phenoxy) is 1. The molecule has 1 heterocycles. The molecule has 0 unspecified atom stereocenters. The first-order valence-electron chi connectivity index (χ1n) is 4.18. The topological polar surface area (TPSA) is 49.8 Å². The fraction of sp³-hybridized carbons (Fsp3) is 0.300. The number of ketones is 1. The SMILES string of the molecule is O=C(c1ccccc1)[C@@H]1O[C@H]1CO. The van der Waals surface area contributed by atoms with Gasteiger partial charge in [-0.2, -0.15) is 0 Å². The molecule has 1 aliphatic rings. The summed E-state index contributed by atoms with van der Waals surface area (Å²) in [5, 5.41) is 8.70. The lowest BCUT2D eigenvalue weighted by molar-refractivity contribution is 0.0953. The van der Waals surface area contributed by atoms with Crippen LogP contribution in [0.15, 0.2) is 30.3 Å². The number of hydrogen-bond donors (Lipinski definition) is 1. The van der Waals surface area contributed by atoms with E-state index in [0.29, 0.717) is 5.56 Å². The normalized spacial score (nSPS) is 25.6. The van der Waals surface area contributed by atoms with Crippen molar-refractivity contribution in [3.8, 4) is 0 Å². The molecule has 13 heavy (non-hydrogen) atoms. The predicted octanol–water partition coefficient (Wildman–Crippen LogP) is 0.629. The fourth-order valence-electron chi connectivity index (χ4n) is 1.28. The lowest BCUT2D eigenvalue weighted by atomic mass is 10.1. The Bertz CT molecular complexity index is 307. The first kappa shape index (κ1) is 8.41. The summed E-state index contributed by atoms with van der Waals surface area (Å²) in [5.41, 5.74) is 0.642. The van der Waals surface area contributed by atoms with Gasteiger partial charge in [0.2, 0.25) is 0 Å². The van der Waals surface area contributed by atoms with E-state index in [4.69, 9.17) is 9.84 Å². The maximum atomic E-state index is 11.5. The van der Waals surface area contributed by atoms with E-state index in [9.17, 15) is 4.79 Å². The third-order valence-corrected chi connectivity index (χ3v) is 2.08. The van der Waals surface area contributed by atoms with Crippen LogP contribution in [-0.4, -0.2) is 29.7 Å². The van der Waals surface area contributed by atoms with Gasteiger partial charge in [-0.05, 0) is 0 Å². The van der Waals surface area contributed by atoms with Crippen molar-refractivity contribution in [1.29, 1.82) is 0 Å². The van der Waals surface area contributed by atoms with E-state index < -0.39 is 6.10 Å². The molecule has 3 nitrogen and oxygen atoms in total. The molecule has 0 aromatic heterocycles. The van der Waals surface area contributed by atoms with Gasteiger partial charge in [0, 0.05) is 5.56 Å². The summed E-state index contributed by atoms with van der Waals surface area (Å²) in [6.45, 7) is -0.0801. The van der Waals surface area contributed by atoms with Gasteiger partial charge in [-0.15, -0.1) is 0 Å². The van der Waals surface area contributed by atoms with Gasteiger partial charge in [0.05, 0.1) is 6.61 Å². The summed E-state index contributed by atoms with van der Waals surface area (Å²) in [7, 11) is 0. The van der Waals surface area contributed by atoms with E-state index >= 15 is 0 Å². The standard InChI is InChI=1S/C10H10O3/c11-6-8-10(13-8)9(12)7-4-2-1-3-5-7/h1-5,8,10-11H,6H2/t8-,10+/m0/s1. The number of carbonyl (C=O) groups excluding carboxylic acids is 1. The number of benzene rings is 1. The van der Waals surface area contributed by atoms with Gasteiger partial charge in [-0.3, -0.25) is 4.79 Å². The first-order chi connectivity index (χ1) is 6.33. The lowest BCUT2D eigenvalue weighted by Gasteiger charge is -1.94. The molecule has 1 fully saturated rings. The molecular weight excluding hydrogens is 168 g/mol. The van der Waals surface area contributed by atoms with E-state index in [-0.39, 0.29) is 18.5 Å². The Balaban J connectivity index is 2.07. The average Bonchev–Trinajstić information content (AvgIpc) is 2.97. The van der Waals surface area contributed by atoms with Crippen LogP contribution < -0.4 is 0 Å². The van der Waals surface area contributed by atoms with Gasteiger partial charge in [-0.25, -0.2) is 0 Å². The number of aliphatic hydroxyl groups is 1. The Morgan fingerprint density at radius 1 is 1.38 bits per heavy atom. The maximum Gasteiger partial charge on any atom is 0.194 e. The summed E-state index contributed by atoms with van der Waals surface area (Å²) in [6, 6.07) is 8.97. The van der Waals surface area contributed by atoms with Crippen LogP contribution >= 0.6 is 0 Å². The zero-order valence-corrected chi connectivity index (χ0v) is 7.01. The first-order valence-corrected chi connectivity index (χ1v) is 4.18. The highest BCUT2D eigenvalue weighted by molar-refractivity contribution is 6.01. The molecule has 1 saturated heterocycles. The Morgan fingerprint density at radius 2 is 2.08 bits per heavy atom. The van der Waals surface area contributed by atoms with Crippen LogP contribution in [0.25, 0.3) is 0 Å². The van der Waals surface area contributed by atoms with Crippen LogP contribution in [0.4, 0.5) is 0 Å². The molecular formula is C10H10O3. The molecule has 1 aromatic carbocycles. The summed E-state index contributed by atoms with van der Waals surface area (Å²) in [6.07, 6.45) is -0.708. The summed E-state index contributed by atoms with van der Waals surface area (Å²) >= 11 is 0. The molecule has 3 heteroatoms. The van der Waals surface area contributed by atoms with Crippen LogP contribution in [-0.2, 0) is 4.74 Å². The predicted molar refractivity (Wildman–Crippen MR) is 46.5 cm³/mol. The van der Waals surface area contributed by atoms with E-state index in [1.807, 2.05) is 18.2 Å². The summed E-state index contributed by atoms with van der Waals surface area (Å²) < 4.78 is 4.98. The van der Waals surface area contributed by atoms with Gasteiger partial charge < -0.3 is 9.84 Å². The Hall–Kier alpha value is -1.19. The zero-order valence-electron chi connectivity index (χ0n) is 7.01. The highest BCUT2D eigenvalue weighted by atomic mass is 16.6. The van der Waals surface area contributed by atoms with Crippen molar-refractivity contribution in [2.45, 2.75) is 12.2 Å². The third-order valence-electron chi connectivity index (χ3n) is 2.08. The summed E-state index contributed by atoms with van der Waals surface area (Å²) in [4.78, 5) is 11.5. The lowest BCUT2D eigenvalue weighted by Crippen LogP contribution is -2.11. The van der Waals surface area contributed by atoms with Crippen LogP contribution in [0.3, 0.4) is 0 Å². The van der Waals surface area contributed by atoms with Gasteiger partial charge in [-0.1, -0.05) is 30.3 Å². The van der Waals surface area contributed by atoms with Crippen LogP contribution in [0.5, 0.6) is 0 Å². The molecule has 2 atom stereocenters. The van der Waals surface area contributed by atoms with E-state index in [2.05, 4.69) is 0 Å². The van der Waals surface area contributed by atoms with Crippen molar-refractivity contribution in [1.82, 2.24) is 0 Å². The Morgan fingerprint density at radius 3 is 2.62 bits per heavy atom. The molecule has 0 amide bonds. The molecule has 0 saturated carbocycles. The van der Waals surface area contributed by atoms with Crippen molar-refractivity contribution in [3.05, 3.63) is 35.9 Å². The summed E-state index contributed by atoms with van der Waals surface area (Å²) in [5.74, 6) is -0.0420. The van der Waals surface area contributed by atoms with Crippen molar-refractivity contribution < 1.29 is 14.6 Å². The minimum Gasteiger partial charge on any atom is -0.394 e. The highest BCUT2D eigenvalue weighted by Gasteiger charge is 2.44. The van der Waals surface area contributed by atoms with Crippen molar-refractivity contribution in [2.75, 3.05) is 6.61 Å². The third kappa shape index (κ3) is 1.61. The van der Waals surface area contributed by atoms with Crippen molar-refractivity contribution in [2.24, 2.45) is 0 Å². The van der Waals surface area contributed by atoms with Crippen molar-refractivity contribution in [3.63, 3.8) is 0 Å². The maximum absolute atomic E-state index is 11.5. The van der Waals surface area contributed by atoms with Gasteiger partial charge in [0.15, 0.2) is 5.78 Å². The van der Waals surface area contributed by atoms with E-state index in [0.717, 1.165) is 0 Å². The molecule has 1 aliphatic heterocycles. The smallest absolute Gasteiger partial charge is 0.194 e. The molecule has 0 radical (unpaired) electrons. The minimum atomic E-state index is -0.424. The molecule has 0 bridgehead atoms. The second-order valence-electron chi connectivity index (χ2n) is 3.01. The number of carbonyl (C=O) groups is 1. The second-order valence-corrected chi connectivity index (χ2v) is 3.01. The Kier molecular flexibility index (Phi) is 2.12. The van der Waals surface area contributed by atoms with Crippen LogP contribution in [0, 0.1) is 0 Å². The highest BCUT2D eigenvalue weighted by Crippen LogP contribution is 2.25. The molecule has 68 valence electrons. The minimum absolute atomic E-state index is 0.0420. The molecule has 0 aliphatic carbocycles. The Labute approximate surface area is 76.0 Å². The van der Waals surface area contributed by atoms with Gasteiger partial charge in [0.1, 0.15) is 12.2 Å². The van der Waals surface area contributed by atoms with Crippen LogP contribution in [0.1, 0.15) is 10.4 Å². The number of aliphatic hydroxyl groups excluding tert-OH is 1. The second kappa shape index (κ2) is 3.28. The quantitative estimate of drug-likeness (QED) is 0.545. The average molecular weight is 178 g/mol. The number of hydrogen-bond acceptors (Lipinski definition) is 3. The number of rotatable bonds is 3. The molecule has 1 aromatic rings. The largest absolute Gasteiger partial charge is 0.394 e. The fourth-order valence-corrected chi connectivity index (χ4v) is 1.28. The molecule has 2 rings (SSSR count). The van der Waals surface area contributed by atoms with Crippen LogP contribution in [0.2, 0.25) is 0 Å². The van der Waals surface area contributed by atoms with Gasteiger partial charge >= 0.3 is 0 Å².